The molecule has 0 fully saturated rings. The van der Waals surface area contributed by atoms with E-state index in [-0.39, 0.29) is 5.69 Å². The second-order valence-electron chi connectivity index (χ2n) is 5.99. The number of amides is 1. The maximum Gasteiger partial charge on any atom is 0.328 e. The van der Waals surface area contributed by atoms with Gasteiger partial charge in [0.25, 0.3) is 11.5 Å². The fraction of sp³-hybridized carbons (Fsp3) is 0.294. The second-order valence-corrected chi connectivity index (χ2v) is 5.99. The molecule has 0 aliphatic heterocycles. The van der Waals surface area contributed by atoms with Gasteiger partial charge in [0.1, 0.15) is 22.8 Å². The van der Waals surface area contributed by atoms with Crippen molar-refractivity contribution in [1.82, 2.24) is 15.3 Å². The van der Waals surface area contributed by atoms with Crippen molar-refractivity contribution in [3.05, 3.63) is 57.8 Å². The Hall–Kier alpha value is -3.16. The van der Waals surface area contributed by atoms with E-state index in [1.807, 2.05) is 12.1 Å². The highest BCUT2D eigenvalue weighted by molar-refractivity contribution is 5.96. The molecule has 1 aromatic heterocycles. The summed E-state index contributed by atoms with van der Waals surface area (Å²) in [5.41, 5.74) is -1.23. The number of nitrogens with one attached hydrogen (secondary N) is 2. The predicted molar refractivity (Wildman–Crippen MR) is 89.8 cm³/mol. The third-order valence-electron chi connectivity index (χ3n) is 3.51. The fourth-order valence-electron chi connectivity index (χ4n) is 2.05. The van der Waals surface area contributed by atoms with Crippen LogP contribution in [0.15, 0.2) is 35.1 Å². The number of ether oxygens (including phenoxy) is 1. The highest BCUT2D eigenvalue weighted by atomic mass is 16.5. The molecule has 8 heteroatoms. The molecule has 0 unspecified atom stereocenters. The number of hydrogen-bond acceptors (Lipinski definition) is 5. The third kappa shape index (κ3) is 4.66. The molecule has 0 spiro atoms. The number of aliphatic carboxylic acids is 1. The van der Waals surface area contributed by atoms with Crippen molar-refractivity contribution in [3.63, 3.8) is 0 Å². The Kier molecular flexibility index (Phi) is 5.21. The molecule has 2 aromatic rings. The number of hydrogen-bond donors (Lipinski definition) is 3. The van der Waals surface area contributed by atoms with Crippen molar-refractivity contribution in [2.24, 2.45) is 0 Å². The van der Waals surface area contributed by atoms with Gasteiger partial charge in [-0.05, 0) is 31.5 Å². The Morgan fingerprint density at radius 2 is 1.92 bits per heavy atom. The molecule has 0 aliphatic rings. The fourth-order valence-corrected chi connectivity index (χ4v) is 2.05. The van der Waals surface area contributed by atoms with E-state index in [0.29, 0.717) is 18.0 Å². The molecule has 8 nitrogen and oxygen atoms in total. The van der Waals surface area contributed by atoms with Crippen LogP contribution in [0.2, 0.25) is 0 Å². The van der Waals surface area contributed by atoms with Crippen LogP contribution in [0, 0.1) is 0 Å². The number of methoxy groups -OCH3 is 1. The molecule has 1 amide bonds. The van der Waals surface area contributed by atoms with E-state index in [1.165, 1.54) is 13.8 Å². The quantitative estimate of drug-likeness (QED) is 0.717. The summed E-state index contributed by atoms with van der Waals surface area (Å²) in [5.74, 6) is -0.913. The minimum absolute atomic E-state index is 0.137. The monoisotopic (exact) mass is 345 g/mol. The van der Waals surface area contributed by atoms with Gasteiger partial charge in [-0.1, -0.05) is 12.1 Å². The van der Waals surface area contributed by atoms with E-state index in [0.717, 1.165) is 11.6 Å². The molecule has 132 valence electrons. The molecule has 25 heavy (non-hydrogen) atoms. The lowest BCUT2D eigenvalue weighted by Crippen LogP contribution is -2.50. The summed E-state index contributed by atoms with van der Waals surface area (Å²) in [5, 5.41) is 11.4. The maximum absolute atomic E-state index is 12.2. The summed E-state index contributed by atoms with van der Waals surface area (Å²) in [6.07, 6.45) is 0.308. The molecule has 0 radical (unpaired) electrons. The lowest BCUT2D eigenvalue weighted by Gasteiger charge is -2.20. The number of H-pyrrole nitrogens is 1. The van der Waals surface area contributed by atoms with Crippen LogP contribution in [0.5, 0.6) is 5.75 Å². The van der Waals surface area contributed by atoms with E-state index in [2.05, 4.69) is 15.3 Å². The molecule has 0 atom stereocenters. The number of nitrogens with zero attached hydrogens (tertiary/aromatic N) is 1. The van der Waals surface area contributed by atoms with Crippen molar-refractivity contribution < 1.29 is 19.4 Å². The lowest BCUT2D eigenvalue weighted by atomic mass is 10.1. The third-order valence-corrected chi connectivity index (χ3v) is 3.51. The molecule has 0 saturated heterocycles. The zero-order valence-corrected chi connectivity index (χ0v) is 14.1. The summed E-state index contributed by atoms with van der Waals surface area (Å²) < 4.78 is 5.08. The normalized spacial score (nSPS) is 11.0. The summed E-state index contributed by atoms with van der Waals surface area (Å²) in [6.45, 7) is 2.69. The lowest BCUT2D eigenvalue weighted by molar-refractivity contribution is -0.143. The van der Waals surface area contributed by atoms with E-state index < -0.39 is 23.0 Å². The molecular formula is C17H19N3O5. The Balaban J connectivity index is 2.23. The molecule has 0 aliphatic carbocycles. The highest BCUT2D eigenvalue weighted by Gasteiger charge is 2.30. The first-order valence-corrected chi connectivity index (χ1v) is 7.50. The van der Waals surface area contributed by atoms with Gasteiger partial charge in [-0.15, -0.1) is 0 Å². The molecular weight excluding hydrogens is 326 g/mol. The molecule has 3 N–H and O–H groups in total. The average Bonchev–Trinajstić information content (AvgIpc) is 2.54. The summed E-state index contributed by atoms with van der Waals surface area (Å²) in [6, 6.07) is 8.22. The molecule has 1 heterocycles. The number of benzene rings is 1. The van der Waals surface area contributed by atoms with Gasteiger partial charge < -0.3 is 20.1 Å². The minimum atomic E-state index is -1.47. The van der Waals surface area contributed by atoms with Crippen LogP contribution < -0.4 is 15.6 Å². The topological polar surface area (TPSA) is 121 Å². The van der Waals surface area contributed by atoms with Crippen molar-refractivity contribution >= 4 is 11.9 Å². The molecule has 2 rings (SSSR count). The van der Waals surface area contributed by atoms with Crippen molar-refractivity contribution in [2.45, 2.75) is 25.8 Å². The van der Waals surface area contributed by atoms with Crippen molar-refractivity contribution in [3.8, 4) is 5.75 Å². The second kappa shape index (κ2) is 7.16. The van der Waals surface area contributed by atoms with Crippen LogP contribution in [0.3, 0.4) is 0 Å². The van der Waals surface area contributed by atoms with Gasteiger partial charge in [-0.3, -0.25) is 9.59 Å². The van der Waals surface area contributed by atoms with Gasteiger partial charge in [-0.2, -0.15) is 0 Å². The number of carbonyl (C=O) groups is 2. The van der Waals surface area contributed by atoms with E-state index in [1.54, 1.807) is 19.2 Å². The summed E-state index contributed by atoms with van der Waals surface area (Å²) in [4.78, 5) is 41.8. The first kappa shape index (κ1) is 18.2. The first-order valence-electron chi connectivity index (χ1n) is 7.50. The van der Waals surface area contributed by atoms with Gasteiger partial charge in [0.2, 0.25) is 0 Å². The Morgan fingerprint density at radius 3 is 2.48 bits per heavy atom. The average molecular weight is 345 g/mol. The van der Waals surface area contributed by atoms with Gasteiger partial charge in [0, 0.05) is 12.5 Å². The number of carboxylic acid groups (broad SMARTS) is 1. The van der Waals surface area contributed by atoms with E-state index in [9.17, 15) is 14.4 Å². The van der Waals surface area contributed by atoms with Crippen molar-refractivity contribution in [2.75, 3.05) is 7.11 Å². The van der Waals surface area contributed by atoms with Crippen molar-refractivity contribution in [1.29, 1.82) is 0 Å². The summed E-state index contributed by atoms with van der Waals surface area (Å²) in [7, 11) is 1.56. The Bertz CT molecular complexity index is 840. The van der Waals surface area contributed by atoms with E-state index in [4.69, 9.17) is 9.84 Å². The summed E-state index contributed by atoms with van der Waals surface area (Å²) >= 11 is 0. The number of carboxylic acids is 1. The standard InChI is InChI=1S/C17H19N3O5/c1-17(2,16(23)24)20-15(22)12-9-14(21)19-13(18-12)8-10-4-6-11(25-3)7-5-10/h4-7,9H,8H2,1-3H3,(H,20,22)(H,23,24)(H,18,19,21). The van der Waals surface area contributed by atoms with Crippen LogP contribution in [0.1, 0.15) is 35.7 Å². The minimum Gasteiger partial charge on any atom is -0.497 e. The Labute approximate surface area is 143 Å². The van der Waals surface area contributed by atoms with Gasteiger partial charge >= 0.3 is 5.97 Å². The number of aromatic amines is 1. The van der Waals surface area contributed by atoms with Crippen LogP contribution >= 0.6 is 0 Å². The zero-order chi connectivity index (χ0) is 18.6. The van der Waals surface area contributed by atoms with Crippen LogP contribution in [0.25, 0.3) is 0 Å². The number of carbonyl (C=O) groups excluding carboxylic acids is 1. The van der Waals surface area contributed by atoms with Gasteiger partial charge in [0.15, 0.2) is 0 Å². The first-order chi connectivity index (χ1) is 11.7. The van der Waals surface area contributed by atoms with Gasteiger partial charge in [-0.25, -0.2) is 9.78 Å². The molecule has 1 aromatic carbocycles. The van der Waals surface area contributed by atoms with E-state index >= 15 is 0 Å². The number of aromatic nitrogens is 2. The molecule has 0 bridgehead atoms. The number of rotatable bonds is 6. The SMILES string of the molecule is COc1ccc(Cc2nc(C(=O)NC(C)(C)C(=O)O)cc(=O)[nH]2)cc1. The Morgan fingerprint density at radius 1 is 1.28 bits per heavy atom. The smallest absolute Gasteiger partial charge is 0.328 e. The maximum atomic E-state index is 12.2. The highest BCUT2D eigenvalue weighted by Crippen LogP contribution is 2.13. The van der Waals surface area contributed by atoms with Crippen LogP contribution in [0.4, 0.5) is 0 Å². The van der Waals surface area contributed by atoms with Crippen LogP contribution in [-0.2, 0) is 11.2 Å². The predicted octanol–water partition coefficient (Wildman–Crippen LogP) is 0.962. The van der Waals surface area contributed by atoms with Gasteiger partial charge in [0.05, 0.1) is 7.11 Å². The largest absolute Gasteiger partial charge is 0.497 e. The van der Waals surface area contributed by atoms with Crippen LogP contribution in [-0.4, -0.2) is 39.6 Å². The molecule has 0 saturated carbocycles. The zero-order valence-electron chi connectivity index (χ0n) is 14.1.